The maximum atomic E-state index is 12.4. The van der Waals surface area contributed by atoms with Gasteiger partial charge in [0.2, 0.25) is 0 Å². The van der Waals surface area contributed by atoms with Crippen molar-refractivity contribution >= 4 is 6.03 Å². The molecule has 2 aliphatic heterocycles. The average Bonchev–Trinajstić information content (AvgIpc) is 3.29. The summed E-state index contributed by atoms with van der Waals surface area (Å²) >= 11 is 0. The predicted molar refractivity (Wildman–Crippen MR) is 91.0 cm³/mol. The average molecular weight is 323 g/mol. The lowest BCUT2D eigenvalue weighted by atomic mass is 10.00. The summed E-state index contributed by atoms with van der Waals surface area (Å²) in [5.41, 5.74) is 3.62. The fraction of sp³-hybridized carbons (Fsp3) is 0.368. The molecule has 3 heterocycles. The lowest BCUT2D eigenvalue weighted by Gasteiger charge is -2.17. The van der Waals surface area contributed by atoms with Crippen molar-refractivity contribution < 1.29 is 9.53 Å². The van der Waals surface area contributed by atoms with Crippen LogP contribution < -0.4 is 10.1 Å². The van der Waals surface area contributed by atoms with E-state index in [0.717, 1.165) is 43.9 Å². The van der Waals surface area contributed by atoms with Crippen molar-refractivity contribution in [1.29, 1.82) is 0 Å². The lowest BCUT2D eigenvalue weighted by molar-refractivity contribution is 0.208. The lowest BCUT2D eigenvalue weighted by Crippen LogP contribution is -2.37. The maximum absolute atomic E-state index is 12.4. The van der Waals surface area contributed by atoms with E-state index in [-0.39, 0.29) is 6.03 Å². The van der Waals surface area contributed by atoms with Crippen molar-refractivity contribution in [1.82, 2.24) is 15.2 Å². The smallest absolute Gasteiger partial charge is 0.317 e. The molecule has 24 heavy (non-hydrogen) atoms. The summed E-state index contributed by atoms with van der Waals surface area (Å²) in [6, 6.07) is 10.3. The third-order valence-electron chi connectivity index (χ3n) is 4.85. The van der Waals surface area contributed by atoms with E-state index in [9.17, 15) is 4.79 Å². The standard InChI is InChI=1S/C19H21N3O2/c23-19(21-12-14-1-2-18-16(11-14)6-10-24-18)22-9-5-17(13-22)15-3-7-20-8-4-15/h1-4,7-8,11,17H,5-6,9-10,12-13H2,(H,21,23). The predicted octanol–water partition coefficient (Wildman–Crippen LogP) is 2.72. The first kappa shape index (κ1) is 15.0. The molecule has 0 bridgehead atoms. The maximum Gasteiger partial charge on any atom is 0.317 e. The number of carbonyl (C=O) groups is 1. The van der Waals surface area contributed by atoms with E-state index in [0.29, 0.717) is 12.5 Å². The van der Waals surface area contributed by atoms with Gasteiger partial charge in [-0.1, -0.05) is 12.1 Å². The highest BCUT2D eigenvalue weighted by Gasteiger charge is 2.27. The van der Waals surface area contributed by atoms with Crippen LogP contribution in [0.15, 0.2) is 42.7 Å². The Balaban J connectivity index is 1.32. The Kier molecular flexibility index (Phi) is 4.07. The molecule has 1 aromatic carbocycles. The highest BCUT2D eigenvalue weighted by atomic mass is 16.5. The van der Waals surface area contributed by atoms with Crippen LogP contribution in [0.3, 0.4) is 0 Å². The van der Waals surface area contributed by atoms with Crippen molar-refractivity contribution in [3.63, 3.8) is 0 Å². The Morgan fingerprint density at radius 3 is 3.04 bits per heavy atom. The number of ether oxygens (including phenoxy) is 1. The summed E-state index contributed by atoms with van der Waals surface area (Å²) in [6.45, 7) is 2.89. The van der Waals surface area contributed by atoms with E-state index in [4.69, 9.17) is 4.74 Å². The molecule has 1 saturated heterocycles. The Bertz CT molecular complexity index is 733. The molecule has 2 amide bonds. The molecule has 1 aromatic heterocycles. The van der Waals surface area contributed by atoms with Crippen LogP contribution in [0.4, 0.5) is 4.79 Å². The molecule has 1 N–H and O–H groups in total. The van der Waals surface area contributed by atoms with Gasteiger partial charge in [-0.3, -0.25) is 4.98 Å². The third kappa shape index (κ3) is 3.07. The second kappa shape index (κ2) is 6.51. The summed E-state index contributed by atoms with van der Waals surface area (Å²) in [5.74, 6) is 1.39. The van der Waals surface area contributed by atoms with Crippen LogP contribution in [-0.4, -0.2) is 35.6 Å². The number of aromatic nitrogens is 1. The second-order valence-corrected chi connectivity index (χ2v) is 6.41. The van der Waals surface area contributed by atoms with Gasteiger partial charge in [-0.2, -0.15) is 0 Å². The normalized spacial score (nSPS) is 19.0. The molecular formula is C19H21N3O2. The number of fused-ring (bicyclic) bond motifs is 1. The Hall–Kier alpha value is -2.56. The molecule has 2 aromatic rings. The van der Waals surface area contributed by atoms with Crippen LogP contribution in [0.5, 0.6) is 5.75 Å². The number of likely N-dealkylation sites (tertiary alicyclic amines) is 1. The van der Waals surface area contributed by atoms with Crippen LogP contribution in [0.1, 0.15) is 29.0 Å². The van der Waals surface area contributed by atoms with Gasteiger partial charge in [0, 0.05) is 44.4 Å². The van der Waals surface area contributed by atoms with Crippen LogP contribution in [-0.2, 0) is 13.0 Å². The van der Waals surface area contributed by atoms with Gasteiger partial charge in [0.05, 0.1) is 6.61 Å². The van der Waals surface area contributed by atoms with Crippen molar-refractivity contribution in [3.8, 4) is 5.75 Å². The minimum atomic E-state index is 0.0169. The fourth-order valence-corrected chi connectivity index (χ4v) is 3.49. The highest BCUT2D eigenvalue weighted by molar-refractivity contribution is 5.74. The number of benzene rings is 1. The second-order valence-electron chi connectivity index (χ2n) is 6.41. The molecule has 0 spiro atoms. The van der Waals surface area contributed by atoms with Gasteiger partial charge < -0.3 is 15.0 Å². The first-order valence-electron chi connectivity index (χ1n) is 8.47. The van der Waals surface area contributed by atoms with Crippen LogP contribution in [0.25, 0.3) is 0 Å². The first-order valence-corrected chi connectivity index (χ1v) is 8.47. The first-order chi connectivity index (χ1) is 11.8. The molecule has 4 rings (SSSR count). The number of hydrogen-bond acceptors (Lipinski definition) is 3. The Morgan fingerprint density at radius 1 is 1.29 bits per heavy atom. The molecule has 1 fully saturated rings. The largest absolute Gasteiger partial charge is 0.493 e. The number of pyridine rings is 1. The number of urea groups is 1. The zero-order valence-electron chi connectivity index (χ0n) is 13.6. The molecule has 1 unspecified atom stereocenters. The van der Waals surface area contributed by atoms with Crippen molar-refractivity contribution in [2.45, 2.75) is 25.3 Å². The Labute approximate surface area is 141 Å². The van der Waals surface area contributed by atoms with Gasteiger partial charge in [0.25, 0.3) is 0 Å². The van der Waals surface area contributed by atoms with Gasteiger partial charge in [-0.25, -0.2) is 4.79 Å². The van der Waals surface area contributed by atoms with E-state index in [2.05, 4.69) is 16.4 Å². The molecule has 0 radical (unpaired) electrons. The number of nitrogens with zero attached hydrogens (tertiary/aromatic N) is 2. The molecule has 0 saturated carbocycles. The number of carbonyl (C=O) groups excluding carboxylic acids is 1. The van der Waals surface area contributed by atoms with Crippen LogP contribution in [0.2, 0.25) is 0 Å². The van der Waals surface area contributed by atoms with Crippen molar-refractivity contribution in [3.05, 3.63) is 59.4 Å². The van der Waals surface area contributed by atoms with Gasteiger partial charge in [-0.15, -0.1) is 0 Å². The molecule has 5 nitrogen and oxygen atoms in total. The Morgan fingerprint density at radius 2 is 2.17 bits per heavy atom. The zero-order chi connectivity index (χ0) is 16.4. The SMILES string of the molecule is O=C(NCc1ccc2c(c1)CCO2)N1CCC(c2ccncc2)C1. The molecule has 2 aliphatic rings. The minimum absolute atomic E-state index is 0.0169. The van der Waals surface area contributed by atoms with Gasteiger partial charge in [0.15, 0.2) is 0 Å². The van der Waals surface area contributed by atoms with Crippen LogP contribution >= 0.6 is 0 Å². The summed E-state index contributed by atoms with van der Waals surface area (Å²) < 4.78 is 5.51. The minimum Gasteiger partial charge on any atom is -0.493 e. The van der Waals surface area contributed by atoms with E-state index in [1.807, 2.05) is 41.6 Å². The van der Waals surface area contributed by atoms with Gasteiger partial charge in [0.1, 0.15) is 5.75 Å². The summed E-state index contributed by atoms with van der Waals surface area (Å²) in [7, 11) is 0. The van der Waals surface area contributed by atoms with E-state index in [1.54, 1.807) is 0 Å². The number of nitrogens with one attached hydrogen (secondary N) is 1. The quantitative estimate of drug-likeness (QED) is 0.945. The molecular weight excluding hydrogens is 302 g/mol. The van der Waals surface area contributed by atoms with E-state index in [1.165, 1.54) is 11.1 Å². The van der Waals surface area contributed by atoms with Crippen LogP contribution in [0, 0.1) is 0 Å². The zero-order valence-corrected chi connectivity index (χ0v) is 13.6. The topological polar surface area (TPSA) is 54.5 Å². The molecule has 0 aliphatic carbocycles. The highest BCUT2D eigenvalue weighted by Crippen LogP contribution is 2.27. The van der Waals surface area contributed by atoms with Gasteiger partial charge >= 0.3 is 6.03 Å². The number of rotatable bonds is 3. The number of hydrogen-bond donors (Lipinski definition) is 1. The molecule has 1 atom stereocenters. The van der Waals surface area contributed by atoms with E-state index < -0.39 is 0 Å². The molecule has 124 valence electrons. The van der Waals surface area contributed by atoms with Crippen molar-refractivity contribution in [2.75, 3.05) is 19.7 Å². The third-order valence-corrected chi connectivity index (χ3v) is 4.85. The van der Waals surface area contributed by atoms with E-state index >= 15 is 0 Å². The summed E-state index contributed by atoms with van der Waals surface area (Å²) in [6.07, 6.45) is 5.59. The fourth-order valence-electron chi connectivity index (χ4n) is 3.49. The monoisotopic (exact) mass is 323 g/mol. The molecule has 5 heteroatoms. The summed E-state index contributed by atoms with van der Waals surface area (Å²) in [4.78, 5) is 18.4. The number of amides is 2. The summed E-state index contributed by atoms with van der Waals surface area (Å²) in [5, 5.41) is 3.04. The van der Waals surface area contributed by atoms with Crippen molar-refractivity contribution in [2.24, 2.45) is 0 Å². The van der Waals surface area contributed by atoms with Gasteiger partial charge in [-0.05, 0) is 41.3 Å².